The summed E-state index contributed by atoms with van der Waals surface area (Å²) in [5.41, 5.74) is 0. The van der Waals surface area contributed by atoms with E-state index in [2.05, 4.69) is 22.1 Å². The molecule has 1 N–H and O–H groups in total. The Kier molecular flexibility index (Phi) is 9.03. The first-order chi connectivity index (χ1) is 10.3. The molecule has 0 unspecified atom stereocenters. The van der Waals surface area contributed by atoms with Crippen LogP contribution in [-0.2, 0) is 0 Å². The van der Waals surface area contributed by atoms with Crippen LogP contribution in [0.25, 0.3) is 0 Å². The molecule has 0 bridgehead atoms. The second kappa shape index (κ2) is 10.5. The molecule has 0 aliphatic carbocycles. The van der Waals surface area contributed by atoms with Crippen LogP contribution in [0.4, 0.5) is 0 Å². The number of likely N-dealkylation sites (tertiary alicyclic amines) is 1. The summed E-state index contributed by atoms with van der Waals surface area (Å²) in [6.45, 7) is 6.43. The van der Waals surface area contributed by atoms with Gasteiger partial charge in [-0.1, -0.05) is 0 Å². The molecule has 1 aromatic rings. The summed E-state index contributed by atoms with van der Waals surface area (Å²) in [6, 6.07) is 7.61. The third-order valence-electron chi connectivity index (χ3n) is 3.42. The zero-order valence-corrected chi connectivity index (χ0v) is 15.7. The van der Waals surface area contributed by atoms with Crippen LogP contribution < -0.4 is 14.8 Å². The van der Waals surface area contributed by atoms with E-state index in [1.165, 1.54) is 12.8 Å². The number of hydrogen-bond acceptors (Lipinski definition) is 3. The lowest BCUT2D eigenvalue weighted by Gasteiger charge is -2.20. The molecule has 1 saturated heterocycles. The summed E-state index contributed by atoms with van der Waals surface area (Å²) in [6.07, 6.45) is 2.51. The van der Waals surface area contributed by atoms with Gasteiger partial charge in [0.25, 0.3) is 0 Å². The van der Waals surface area contributed by atoms with Crippen molar-refractivity contribution >= 4 is 29.9 Å². The molecule has 0 atom stereocenters. The Morgan fingerprint density at radius 3 is 2.41 bits per heavy atom. The van der Waals surface area contributed by atoms with Crippen molar-refractivity contribution in [1.82, 2.24) is 10.2 Å². The van der Waals surface area contributed by atoms with Crippen LogP contribution >= 0.6 is 24.0 Å². The van der Waals surface area contributed by atoms with Crippen molar-refractivity contribution < 1.29 is 9.47 Å². The molecule has 1 aliphatic rings. The van der Waals surface area contributed by atoms with Gasteiger partial charge < -0.3 is 19.7 Å². The molecule has 1 aliphatic heterocycles. The van der Waals surface area contributed by atoms with Crippen LogP contribution in [0.2, 0.25) is 0 Å². The van der Waals surface area contributed by atoms with Crippen molar-refractivity contribution in [3.8, 4) is 11.5 Å². The first kappa shape index (κ1) is 18.9. The SMILES string of the molecule is CCNC(=NCCOc1ccc(OC)cc1)N1CCCC1.I. The maximum atomic E-state index is 5.69. The predicted molar refractivity (Wildman–Crippen MR) is 101 cm³/mol. The standard InChI is InChI=1S/C16H25N3O2.HI/c1-3-17-16(19-11-4-5-12-19)18-10-13-21-15-8-6-14(20-2)7-9-15;/h6-9H,3-5,10-13H2,1-2H3,(H,17,18);1H. The van der Waals surface area contributed by atoms with E-state index in [1.807, 2.05) is 24.3 Å². The molecule has 5 nitrogen and oxygen atoms in total. The van der Waals surface area contributed by atoms with Gasteiger partial charge in [0.2, 0.25) is 0 Å². The highest BCUT2D eigenvalue weighted by atomic mass is 127. The first-order valence-corrected chi connectivity index (χ1v) is 7.63. The minimum atomic E-state index is 0. The number of nitrogens with one attached hydrogen (secondary N) is 1. The number of nitrogens with zero attached hydrogens (tertiary/aromatic N) is 2. The number of halogens is 1. The molecule has 0 spiro atoms. The van der Waals surface area contributed by atoms with E-state index >= 15 is 0 Å². The van der Waals surface area contributed by atoms with E-state index in [0.29, 0.717) is 13.2 Å². The predicted octanol–water partition coefficient (Wildman–Crippen LogP) is 2.75. The average Bonchev–Trinajstić information content (AvgIpc) is 3.05. The Bertz CT molecular complexity index is 445. The Labute approximate surface area is 150 Å². The number of ether oxygens (including phenoxy) is 2. The van der Waals surface area contributed by atoms with Gasteiger partial charge in [0.05, 0.1) is 13.7 Å². The lowest BCUT2D eigenvalue weighted by molar-refractivity contribution is 0.326. The first-order valence-electron chi connectivity index (χ1n) is 7.63. The fourth-order valence-corrected chi connectivity index (χ4v) is 2.34. The van der Waals surface area contributed by atoms with Gasteiger partial charge in [-0.25, -0.2) is 4.99 Å². The quantitative estimate of drug-likeness (QED) is 0.334. The highest BCUT2D eigenvalue weighted by Crippen LogP contribution is 2.16. The maximum Gasteiger partial charge on any atom is 0.194 e. The fraction of sp³-hybridized carbons (Fsp3) is 0.562. The van der Waals surface area contributed by atoms with E-state index in [-0.39, 0.29) is 24.0 Å². The molecule has 1 fully saturated rings. The van der Waals surface area contributed by atoms with Crippen molar-refractivity contribution in [3.63, 3.8) is 0 Å². The summed E-state index contributed by atoms with van der Waals surface area (Å²) in [4.78, 5) is 6.94. The minimum Gasteiger partial charge on any atom is -0.497 e. The second-order valence-corrected chi connectivity index (χ2v) is 4.95. The van der Waals surface area contributed by atoms with Crippen LogP contribution in [0.3, 0.4) is 0 Å². The molecule has 2 rings (SSSR count). The van der Waals surface area contributed by atoms with E-state index in [1.54, 1.807) is 7.11 Å². The molecular weight excluding hydrogens is 393 g/mol. The van der Waals surface area contributed by atoms with Crippen molar-refractivity contribution in [2.24, 2.45) is 4.99 Å². The number of guanidine groups is 1. The molecule has 0 aromatic heterocycles. The summed E-state index contributed by atoms with van der Waals surface area (Å²) < 4.78 is 10.8. The van der Waals surface area contributed by atoms with Crippen LogP contribution in [0.1, 0.15) is 19.8 Å². The molecule has 22 heavy (non-hydrogen) atoms. The van der Waals surface area contributed by atoms with Crippen LogP contribution in [0, 0.1) is 0 Å². The highest BCUT2D eigenvalue weighted by Gasteiger charge is 2.15. The Morgan fingerprint density at radius 2 is 1.82 bits per heavy atom. The van der Waals surface area contributed by atoms with Crippen LogP contribution in [0.5, 0.6) is 11.5 Å². The van der Waals surface area contributed by atoms with Gasteiger partial charge in [-0.2, -0.15) is 0 Å². The van der Waals surface area contributed by atoms with Gasteiger partial charge in [0.1, 0.15) is 18.1 Å². The van der Waals surface area contributed by atoms with Crippen molar-refractivity contribution in [2.45, 2.75) is 19.8 Å². The molecule has 0 radical (unpaired) electrons. The largest absolute Gasteiger partial charge is 0.497 e. The lowest BCUT2D eigenvalue weighted by Crippen LogP contribution is -2.39. The van der Waals surface area contributed by atoms with Crippen LogP contribution in [-0.4, -0.2) is 50.8 Å². The van der Waals surface area contributed by atoms with Gasteiger partial charge >= 0.3 is 0 Å². The summed E-state index contributed by atoms with van der Waals surface area (Å²) in [5, 5.41) is 3.34. The monoisotopic (exact) mass is 419 g/mol. The number of aliphatic imine (C=N–C) groups is 1. The Hall–Kier alpha value is -1.18. The third-order valence-corrected chi connectivity index (χ3v) is 3.42. The fourth-order valence-electron chi connectivity index (χ4n) is 2.34. The maximum absolute atomic E-state index is 5.69. The van der Waals surface area contributed by atoms with E-state index in [9.17, 15) is 0 Å². The molecule has 0 amide bonds. The highest BCUT2D eigenvalue weighted by molar-refractivity contribution is 14.0. The Morgan fingerprint density at radius 1 is 1.18 bits per heavy atom. The molecule has 1 heterocycles. The zero-order chi connectivity index (χ0) is 14.9. The van der Waals surface area contributed by atoms with Gasteiger partial charge in [0.15, 0.2) is 5.96 Å². The van der Waals surface area contributed by atoms with E-state index in [4.69, 9.17) is 9.47 Å². The van der Waals surface area contributed by atoms with Gasteiger partial charge in [-0.05, 0) is 44.0 Å². The summed E-state index contributed by atoms with van der Waals surface area (Å²) in [7, 11) is 1.66. The van der Waals surface area contributed by atoms with Gasteiger partial charge in [-0.3, -0.25) is 0 Å². The minimum absolute atomic E-state index is 0. The molecule has 0 saturated carbocycles. The topological polar surface area (TPSA) is 46.1 Å². The molecule has 124 valence electrons. The van der Waals surface area contributed by atoms with Crippen LogP contribution in [0.15, 0.2) is 29.3 Å². The number of rotatable bonds is 6. The molecule has 1 aromatic carbocycles. The number of hydrogen-bond donors (Lipinski definition) is 1. The van der Waals surface area contributed by atoms with E-state index < -0.39 is 0 Å². The number of benzene rings is 1. The lowest BCUT2D eigenvalue weighted by atomic mass is 10.3. The Balaban J connectivity index is 0.00000242. The van der Waals surface area contributed by atoms with Crippen molar-refractivity contribution in [1.29, 1.82) is 0 Å². The van der Waals surface area contributed by atoms with E-state index in [0.717, 1.165) is 37.1 Å². The van der Waals surface area contributed by atoms with Crippen molar-refractivity contribution in [2.75, 3.05) is 39.9 Å². The average molecular weight is 419 g/mol. The summed E-state index contributed by atoms with van der Waals surface area (Å²) in [5.74, 6) is 2.69. The normalized spacial score (nSPS) is 14.5. The zero-order valence-electron chi connectivity index (χ0n) is 13.4. The molecule has 6 heteroatoms. The summed E-state index contributed by atoms with van der Waals surface area (Å²) >= 11 is 0. The van der Waals surface area contributed by atoms with Crippen molar-refractivity contribution in [3.05, 3.63) is 24.3 Å². The molecular formula is C16H26IN3O2. The second-order valence-electron chi connectivity index (χ2n) is 4.95. The third kappa shape index (κ3) is 5.90. The smallest absolute Gasteiger partial charge is 0.194 e. The number of methoxy groups -OCH3 is 1. The van der Waals surface area contributed by atoms with Gasteiger partial charge in [0, 0.05) is 19.6 Å². The van der Waals surface area contributed by atoms with Gasteiger partial charge in [-0.15, -0.1) is 24.0 Å².